The second-order valence-electron chi connectivity index (χ2n) is 10.4. The summed E-state index contributed by atoms with van der Waals surface area (Å²) in [5.41, 5.74) is -11.0. The van der Waals surface area contributed by atoms with Gasteiger partial charge in [0.25, 0.3) is 5.60 Å². The molecule has 0 aromatic heterocycles. The number of carbonyl (C=O) groups is 1. The molecular weight excluding hydrogens is 562 g/mol. The van der Waals surface area contributed by atoms with Crippen molar-refractivity contribution >= 4 is 11.6 Å². The van der Waals surface area contributed by atoms with E-state index in [0.29, 0.717) is 12.3 Å². The predicted molar refractivity (Wildman–Crippen MR) is 120 cm³/mol. The first kappa shape index (κ1) is 28.2. The zero-order valence-corrected chi connectivity index (χ0v) is 20.4. The van der Waals surface area contributed by atoms with Crippen LogP contribution in [0.1, 0.15) is 53.5 Å². The summed E-state index contributed by atoms with van der Waals surface area (Å²) in [5.74, 6) is 0.173. The molecule has 0 radical (unpaired) electrons. The molecule has 1 saturated heterocycles. The smallest absolute Gasteiger partial charge is 0.374 e. The van der Waals surface area contributed by atoms with Crippen molar-refractivity contribution in [1.29, 1.82) is 0 Å². The Morgan fingerprint density at radius 2 is 1.43 bits per heavy atom. The molecule has 216 valence electrons. The number of benzene rings is 2. The fourth-order valence-corrected chi connectivity index (χ4v) is 4.82. The van der Waals surface area contributed by atoms with Crippen molar-refractivity contribution in [2.45, 2.75) is 55.5 Å². The number of hydrogen-bond acceptors (Lipinski definition) is 3. The van der Waals surface area contributed by atoms with Gasteiger partial charge in [0.2, 0.25) is 5.91 Å². The number of nitrogens with zero attached hydrogens (tertiary/aromatic N) is 2. The minimum atomic E-state index is -5.46. The topological polar surface area (TPSA) is 41.9 Å². The maximum Gasteiger partial charge on any atom is 0.435 e. The third-order valence-electron chi connectivity index (χ3n) is 7.37. The van der Waals surface area contributed by atoms with Gasteiger partial charge in [0.1, 0.15) is 0 Å². The van der Waals surface area contributed by atoms with Crippen LogP contribution >= 0.6 is 0 Å². The van der Waals surface area contributed by atoms with E-state index in [1.165, 1.54) is 29.2 Å². The molecular formula is C26H20F10N2O2. The maximum atomic E-state index is 15.3. The van der Waals surface area contributed by atoms with Crippen LogP contribution in [0.4, 0.5) is 43.9 Å². The van der Waals surface area contributed by atoms with Crippen LogP contribution in [0.3, 0.4) is 0 Å². The van der Waals surface area contributed by atoms with Gasteiger partial charge in [-0.25, -0.2) is 4.39 Å². The predicted octanol–water partition coefficient (Wildman–Crippen LogP) is 7.11. The molecule has 2 heterocycles. The number of alkyl halides is 10. The van der Waals surface area contributed by atoms with Crippen LogP contribution in [0.15, 0.2) is 47.6 Å². The van der Waals surface area contributed by atoms with Gasteiger partial charge in [0.15, 0.2) is 5.67 Å². The van der Waals surface area contributed by atoms with Crippen molar-refractivity contribution in [2.24, 2.45) is 11.1 Å². The number of carbonyl (C=O) groups excluding carboxylic acids is 1. The van der Waals surface area contributed by atoms with E-state index in [-0.39, 0.29) is 48.3 Å². The van der Waals surface area contributed by atoms with E-state index in [9.17, 15) is 44.3 Å². The molecule has 5 rings (SSSR count). The van der Waals surface area contributed by atoms with Crippen LogP contribution in [0.25, 0.3) is 0 Å². The summed E-state index contributed by atoms with van der Waals surface area (Å²) in [7, 11) is 0. The van der Waals surface area contributed by atoms with Crippen LogP contribution in [0.5, 0.6) is 0 Å². The highest BCUT2D eigenvalue weighted by Crippen LogP contribution is 2.51. The van der Waals surface area contributed by atoms with Gasteiger partial charge in [-0.3, -0.25) is 4.79 Å². The Hall–Kier alpha value is -3.32. The van der Waals surface area contributed by atoms with Gasteiger partial charge in [0, 0.05) is 18.4 Å². The second kappa shape index (κ2) is 9.10. The van der Waals surface area contributed by atoms with E-state index in [1.54, 1.807) is 0 Å². The third kappa shape index (κ3) is 5.12. The summed E-state index contributed by atoms with van der Waals surface area (Å²) in [6.45, 7) is -0.369. The SMILES string of the molecule is O=C(CC1CC1)N1CC(F)(c2ccc(C3=NOC(c4cc(C(F)(F)F)cc(C(F)(F)F)c4)(C(F)(F)F)C3)cc2)C1. The van der Waals surface area contributed by atoms with Crippen LogP contribution in [0, 0.1) is 5.92 Å². The van der Waals surface area contributed by atoms with Crippen LogP contribution in [0.2, 0.25) is 0 Å². The molecule has 2 aliphatic heterocycles. The normalized spacial score (nSPS) is 22.9. The Kier molecular flexibility index (Phi) is 6.42. The first-order chi connectivity index (χ1) is 18.4. The molecule has 1 amide bonds. The van der Waals surface area contributed by atoms with Gasteiger partial charge in [-0.1, -0.05) is 29.4 Å². The Balaban J connectivity index is 1.39. The summed E-state index contributed by atoms with van der Waals surface area (Å²) in [6.07, 6.45) is -15.2. The number of likely N-dealkylation sites (tertiary alicyclic amines) is 1. The van der Waals surface area contributed by atoms with Gasteiger partial charge in [0.05, 0.1) is 29.9 Å². The van der Waals surface area contributed by atoms with Crippen molar-refractivity contribution in [3.05, 3.63) is 70.3 Å². The fraction of sp³-hybridized carbons (Fsp3) is 0.462. The first-order valence-electron chi connectivity index (χ1n) is 12.1. The highest BCUT2D eigenvalue weighted by Gasteiger charge is 2.63. The number of oxime groups is 1. The molecule has 1 atom stereocenters. The Morgan fingerprint density at radius 3 is 1.90 bits per heavy atom. The van der Waals surface area contributed by atoms with Crippen molar-refractivity contribution in [3.8, 4) is 0 Å². The third-order valence-corrected chi connectivity index (χ3v) is 7.37. The fourth-order valence-electron chi connectivity index (χ4n) is 4.82. The minimum Gasteiger partial charge on any atom is -0.374 e. The average molecular weight is 582 g/mol. The molecule has 2 fully saturated rings. The van der Waals surface area contributed by atoms with Crippen LogP contribution < -0.4 is 0 Å². The van der Waals surface area contributed by atoms with Crippen LogP contribution in [-0.4, -0.2) is 35.8 Å². The number of hydrogen-bond donors (Lipinski definition) is 0. The van der Waals surface area contributed by atoms with E-state index in [0.717, 1.165) is 12.8 Å². The van der Waals surface area contributed by atoms with Crippen LogP contribution in [-0.2, 0) is 33.3 Å². The number of halogens is 10. The lowest BCUT2D eigenvalue weighted by atomic mass is 9.83. The molecule has 40 heavy (non-hydrogen) atoms. The molecule has 1 saturated carbocycles. The van der Waals surface area contributed by atoms with Crippen molar-refractivity contribution in [2.75, 3.05) is 13.1 Å². The van der Waals surface area contributed by atoms with Gasteiger partial charge >= 0.3 is 18.5 Å². The summed E-state index contributed by atoms with van der Waals surface area (Å²) in [4.78, 5) is 18.1. The minimum absolute atomic E-state index is 0.00230. The Bertz CT molecular complexity index is 1300. The van der Waals surface area contributed by atoms with E-state index < -0.39 is 58.6 Å². The zero-order chi connectivity index (χ0) is 29.3. The van der Waals surface area contributed by atoms with E-state index in [1.807, 2.05) is 0 Å². The highest BCUT2D eigenvalue weighted by molar-refractivity contribution is 6.02. The lowest BCUT2D eigenvalue weighted by Gasteiger charge is -2.45. The summed E-state index contributed by atoms with van der Waals surface area (Å²) in [5, 5.41) is 3.37. The molecule has 0 N–H and O–H groups in total. The molecule has 3 aliphatic rings. The van der Waals surface area contributed by atoms with E-state index in [4.69, 9.17) is 0 Å². The van der Waals surface area contributed by atoms with Crippen molar-refractivity contribution in [1.82, 2.24) is 4.90 Å². The maximum absolute atomic E-state index is 15.3. The standard InChI is InChI=1S/C26H20F10N2O2/c27-22(12-38(13-22)21(39)7-14-1-2-14)16-5-3-15(4-6-16)20-11-23(40-37-20,26(34,35)36)17-8-18(24(28,29)30)10-19(9-17)25(31,32)33/h3-6,8-10,14H,1-2,7,11-13H2. The monoisotopic (exact) mass is 582 g/mol. The molecule has 0 bridgehead atoms. The highest BCUT2D eigenvalue weighted by atomic mass is 19.4. The molecule has 1 aliphatic carbocycles. The number of rotatable bonds is 5. The van der Waals surface area contributed by atoms with Crippen molar-refractivity contribution in [3.63, 3.8) is 0 Å². The first-order valence-corrected chi connectivity index (χ1v) is 12.1. The Morgan fingerprint density at radius 1 is 0.875 bits per heavy atom. The lowest BCUT2D eigenvalue weighted by molar-refractivity contribution is -0.276. The molecule has 2 aromatic rings. The zero-order valence-electron chi connectivity index (χ0n) is 20.4. The van der Waals surface area contributed by atoms with E-state index in [2.05, 4.69) is 9.99 Å². The molecule has 1 unspecified atom stereocenters. The molecule has 2 aromatic carbocycles. The summed E-state index contributed by atoms with van der Waals surface area (Å²) in [6, 6.07) is 4.66. The Labute approximate surface area is 220 Å². The summed E-state index contributed by atoms with van der Waals surface area (Å²) < 4.78 is 138. The van der Waals surface area contributed by atoms with Gasteiger partial charge in [-0.2, -0.15) is 39.5 Å². The van der Waals surface area contributed by atoms with Gasteiger partial charge < -0.3 is 9.74 Å². The summed E-state index contributed by atoms with van der Waals surface area (Å²) >= 11 is 0. The quantitative estimate of drug-likeness (QED) is 0.353. The second-order valence-corrected chi connectivity index (χ2v) is 10.4. The molecule has 4 nitrogen and oxygen atoms in total. The molecule has 0 spiro atoms. The van der Waals surface area contributed by atoms with Crippen molar-refractivity contribution < 1.29 is 53.5 Å². The van der Waals surface area contributed by atoms with E-state index >= 15 is 4.39 Å². The average Bonchev–Trinajstić information content (AvgIpc) is 3.52. The lowest BCUT2D eigenvalue weighted by Crippen LogP contribution is -2.58. The van der Waals surface area contributed by atoms with Gasteiger partial charge in [-0.15, -0.1) is 0 Å². The number of amides is 1. The molecule has 14 heteroatoms. The largest absolute Gasteiger partial charge is 0.435 e. The van der Waals surface area contributed by atoms with Gasteiger partial charge in [-0.05, 0) is 48.1 Å².